The van der Waals surface area contributed by atoms with Crippen LogP contribution in [0.1, 0.15) is 63.5 Å². The van der Waals surface area contributed by atoms with Gasteiger partial charge in [-0.2, -0.15) is 0 Å². The first-order chi connectivity index (χ1) is 10.2. The van der Waals surface area contributed by atoms with Gasteiger partial charge in [-0.1, -0.05) is 56.5 Å². The highest BCUT2D eigenvalue weighted by Crippen LogP contribution is 2.31. The van der Waals surface area contributed by atoms with Crippen LogP contribution in [-0.4, -0.2) is 11.9 Å². The maximum Gasteiger partial charge on any atom is 0.222 e. The minimum absolute atomic E-state index is 0. The van der Waals surface area contributed by atoms with Gasteiger partial charge in [-0.3, -0.25) is 4.79 Å². The van der Waals surface area contributed by atoms with Crippen LogP contribution in [0.4, 0.5) is 0 Å². The Hall–Kier alpha value is -1.06. The molecule has 0 radical (unpaired) electrons. The van der Waals surface area contributed by atoms with Crippen LogP contribution in [0.5, 0.6) is 0 Å². The number of rotatable bonds is 8. The highest BCUT2D eigenvalue weighted by molar-refractivity contribution is 5.85. The zero-order valence-corrected chi connectivity index (χ0v) is 14.3. The fraction of sp³-hybridized carbons (Fsp3) is 0.611. The predicted molar refractivity (Wildman–Crippen MR) is 94.0 cm³/mol. The Morgan fingerprint density at radius 2 is 2.00 bits per heavy atom. The number of carbonyl (C=O) groups excluding carboxylic acids is 1. The summed E-state index contributed by atoms with van der Waals surface area (Å²) in [6.07, 6.45) is 7.69. The van der Waals surface area contributed by atoms with E-state index in [-0.39, 0.29) is 24.4 Å². The molecule has 0 aromatic heterocycles. The summed E-state index contributed by atoms with van der Waals surface area (Å²) in [5, 5.41) is 3.24. The minimum atomic E-state index is -0.209. The molecule has 1 fully saturated rings. The molecule has 1 amide bonds. The van der Waals surface area contributed by atoms with E-state index in [1.54, 1.807) is 0 Å². The number of benzene rings is 1. The van der Waals surface area contributed by atoms with Crippen molar-refractivity contribution >= 4 is 18.3 Å². The molecule has 1 saturated carbocycles. The van der Waals surface area contributed by atoms with Gasteiger partial charge in [0.25, 0.3) is 0 Å². The van der Waals surface area contributed by atoms with Crippen molar-refractivity contribution in [3.63, 3.8) is 0 Å². The van der Waals surface area contributed by atoms with Crippen LogP contribution >= 0.6 is 12.4 Å². The molecular weight excluding hydrogens is 296 g/mol. The van der Waals surface area contributed by atoms with Crippen LogP contribution in [0.25, 0.3) is 0 Å². The second kappa shape index (κ2) is 9.86. The summed E-state index contributed by atoms with van der Waals surface area (Å²) in [6.45, 7) is 2.20. The van der Waals surface area contributed by atoms with Crippen molar-refractivity contribution in [1.29, 1.82) is 0 Å². The summed E-state index contributed by atoms with van der Waals surface area (Å²) in [5.74, 6) is 0.785. The molecule has 1 aromatic carbocycles. The number of hydrogen-bond donors (Lipinski definition) is 2. The lowest BCUT2D eigenvalue weighted by Crippen LogP contribution is -2.43. The number of nitrogens with two attached hydrogens (primary N) is 1. The molecule has 0 bridgehead atoms. The topological polar surface area (TPSA) is 55.1 Å². The van der Waals surface area contributed by atoms with Crippen molar-refractivity contribution in [2.45, 2.75) is 64.0 Å². The number of hydrogen-bond acceptors (Lipinski definition) is 2. The minimum Gasteiger partial charge on any atom is -0.353 e. The average molecular weight is 325 g/mol. The number of unbranched alkanes of at least 4 members (excludes halogenated alkanes) is 1. The summed E-state index contributed by atoms with van der Waals surface area (Å²) in [5.41, 5.74) is 7.16. The third-order valence-corrected chi connectivity index (χ3v) is 4.57. The average Bonchev–Trinajstić information content (AvgIpc) is 2.43. The molecule has 22 heavy (non-hydrogen) atoms. The van der Waals surface area contributed by atoms with Crippen LogP contribution in [0, 0.1) is 5.92 Å². The fourth-order valence-corrected chi connectivity index (χ4v) is 2.98. The van der Waals surface area contributed by atoms with Crippen LogP contribution in [0.2, 0.25) is 0 Å². The van der Waals surface area contributed by atoms with Crippen molar-refractivity contribution in [2.24, 2.45) is 11.7 Å². The van der Waals surface area contributed by atoms with E-state index in [1.165, 1.54) is 32.1 Å². The van der Waals surface area contributed by atoms with Crippen LogP contribution in [0.3, 0.4) is 0 Å². The lowest BCUT2D eigenvalue weighted by molar-refractivity contribution is -0.122. The number of amides is 1. The van der Waals surface area contributed by atoms with Crippen LogP contribution < -0.4 is 11.1 Å². The van der Waals surface area contributed by atoms with Gasteiger partial charge in [-0.15, -0.1) is 12.4 Å². The van der Waals surface area contributed by atoms with Gasteiger partial charge in [0.05, 0.1) is 0 Å². The maximum absolute atomic E-state index is 12.3. The van der Waals surface area contributed by atoms with Gasteiger partial charge in [0, 0.05) is 18.5 Å². The van der Waals surface area contributed by atoms with Crippen molar-refractivity contribution in [3.05, 3.63) is 35.9 Å². The molecule has 0 saturated heterocycles. The Labute approximate surface area is 140 Å². The molecule has 0 aliphatic heterocycles. The van der Waals surface area contributed by atoms with Crippen LogP contribution in [0.15, 0.2) is 30.3 Å². The van der Waals surface area contributed by atoms with E-state index >= 15 is 0 Å². The number of carbonyl (C=O) groups is 1. The van der Waals surface area contributed by atoms with Crippen LogP contribution in [-0.2, 0) is 4.79 Å². The van der Waals surface area contributed by atoms with Gasteiger partial charge < -0.3 is 11.1 Å². The molecule has 1 aliphatic carbocycles. The van der Waals surface area contributed by atoms with Crippen molar-refractivity contribution in [2.75, 3.05) is 0 Å². The number of nitrogens with one attached hydrogen (secondary N) is 1. The fourth-order valence-electron chi connectivity index (χ4n) is 2.98. The van der Waals surface area contributed by atoms with Crippen molar-refractivity contribution < 1.29 is 4.79 Å². The molecule has 0 spiro atoms. The first-order valence-electron chi connectivity index (χ1n) is 8.30. The summed E-state index contributed by atoms with van der Waals surface area (Å²) in [7, 11) is 0. The van der Waals surface area contributed by atoms with Gasteiger partial charge in [-0.25, -0.2) is 0 Å². The highest BCUT2D eigenvalue weighted by atomic mass is 35.5. The Kier molecular flexibility index (Phi) is 8.51. The lowest BCUT2D eigenvalue weighted by atomic mass is 9.78. The van der Waals surface area contributed by atoms with E-state index < -0.39 is 0 Å². The predicted octanol–water partition coefficient (Wildman–Crippen LogP) is 3.97. The van der Waals surface area contributed by atoms with Crippen molar-refractivity contribution in [3.8, 4) is 0 Å². The molecular formula is C18H29ClN2O. The van der Waals surface area contributed by atoms with E-state index in [4.69, 9.17) is 5.73 Å². The molecule has 2 unspecified atom stereocenters. The third-order valence-electron chi connectivity index (χ3n) is 4.57. The Morgan fingerprint density at radius 3 is 2.55 bits per heavy atom. The molecule has 2 atom stereocenters. The first kappa shape index (κ1) is 19.0. The summed E-state index contributed by atoms with van der Waals surface area (Å²) < 4.78 is 0. The monoisotopic (exact) mass is 324 g/mol. The van der Waals surface area contributed by atoms with Gasteiger partial charge in [0.1, 0.15) is 0 Å². The summed E-state index contributed by atoms with van der Waals surface area (Å²) >= 11 is 0. The molecule has 3 N–H and O–H groups in total. The first-order valence-corrected chi connectivity index (χ1v) is 8.30. The maximum atomic E-state index is 12.3. The molecule has 1 aliphatic rings. The van der Waals surface area contributed by atoms with Gasteiger partial charge in [0.15, 0.2) is 0 Å². The molecule has 4 heteroatoms. The summed E-state index contributed by atoms with van der Waals surface area (Å²) in [6, 6.07) is 10.0. The van der Waals surface area contributed by atoms with E-state index in [2.05, 4.69) is 12.2 Å². The van der Waals surface area contributed by atoms with Crippen molar-refractivity contribution in [1.82, 2.24) is 5.32 Å². The molecule has 0 heterocycles. The molecule has 2 rings (SSSR count). The van der Waals surface area contributed by atoms with E-state index in [9.17, 15) is 4.79 Å². The normalized spacial score (nSPS) is 17.0. The number of halogens is 1. The Morgan fingerprint density at radius 1 is 1.32 bits per heavy atom. The highest BCUT2D eigenvalue weighted by Gasteiger charge is 2.28. The van der Waals surface area contributed by atoms with E-state index in [0.717, 1.165) is 12.0 Å². The quantitative estimate of drug-likeness (QED) is 0.760. The Balaban J connectivity index is 0.00000242. The standard InChI is InChI=1S/C18H28N2O.ClH/c1-2-3-12-17(15-10-7-11-15)20-18(21)13-16(19)14-8-5-4-6-9-14;/h4-6,8-9,15-17H,2-3,7,10-13,19H2,1H3,(H,20,21);1H. The zero-order chi connectivity index (χ0) is 15.1. The molecule has 3 nitrogen and oxygen atoms in total. The van der Waals surface area contributed by atoms with Gasteiger partial charge >= 0.3 is 0 Å². The Bertz CT molecular complexity index is 434. The smallest absolute Gasteiger partial charge is 0.222 e. The van der Waals surface area contributed by atoms with E-state index in [1.807, 2.05) is 30.3 Å². The van der Waals surface area contributed by atoms with Gasteiger partial charge in [0.2, 0.25) is 5.91 Å². The summed E-state index contributed by atoms with van der Waals surface area (Å²) in [4.78, 5) is 12.3. The van der Waals surface area contributed by atoms with E-state index in [0.29, 0.717) is 18.4 Å². The second-order valence-electron chi connectivity index (χ2n) is 6.23. The molecule has 124 valence electrons. The third kappa shape index (κ3) is 5.62. The molecule has 1 aromatic rings. The SMILES string of the molecule is CCCCC(NC(=O)CC(N)c1ccccc1)C1CCC1.Cl. The zero-order valence-electron chi connectivity index (χ0n) is 13.5. The second-order valence-corrected chi connectivity index (χ2v) is 6.23. The lowest BCUT2D eigenvalue weighted by Gasteiger charge is -2.34. The largest absolute Gasteiger partial charge is 0.353 e. The van der Waals surface area contributed by atoms with Gasteiger partial charge in [-0.05, 0) is 30.7 Å².